The van der Waals surface area contributed by atoms with Crippen molar-refractivity contribution >= 4 is 13.6 Å². The fourth-order valence-electron chi connectivity index (χ4n) is 4.07. The lowest BCUT2D eigenvalue weighted by Crippen LogP contribution is -2.34. The van der Waals surface area contributed by atoms with Crippen molar-refractivity contribution in [2.45, 2.75) is 33.5 Å². The Morgan fingerprint density at radius 2 is 1.70 bits per heavy atom. The van der Waals surface area contributed by atoms with Gasteiger partial charge < -0.3 is 0 Å². The third-order valence-corrected chi connectivity index (χ3v) is 7.21. The summed E-state index contributed by atoms with van der Waals surface area (Å²) in [6.07, 6.45) is 7.17. The molecule has 1 heteroatoms. The number of hydrogen-bond donors (Lipinski definition) is 0. The van der Waals surface area contributed by atoms with Crippen LogP contribution in [0, 0.1) is 23.7 Å². The van der Waals surface area contributed by atoms with E-state index in [-0.39, 0.29) is 0 Å². The third-order valence-electron chi connectivity index (χ3n) is 5.02. The SMILES string of the molecule is CC1(C)[C@@H]2[CH-]C=C[C@H]1C([Si](C)(C)C)=C2c1ccccc1. The van der Waals surface area contributed by atoms with Crippen LogP contribution < -0.4 is 0 Å². The minimum Gasteiger partial charge on any atom is -0.231 e. The first-order valence-electron chi connectivity index (χ1n) is 7.65. The van der Waals surface area contributed by atoms with E-state index in [1.807, 2.05) is 0 Å². The molecule has 0 radical (unpaired) electrons. The van der Waals surface area contributed by atoms with Crippen LogP contribution >= 0.6 is 0 Å². The summed E-state index contributed by atoms with van der Waals surface area (Å²) >= 11 is 0. The average molecular weight is 281 g/mol. The maximum absolute atomic E-state index is 2.50. The van der Waals surface area contributed by atoms with Gasteiger partial charge in [0, 0.05) is 0 Å². The van der Waals surface area contributed by atoms with Crippen molar-refractivity contribution in [3.63, 3.8) is 0 Å². The minimum absolute atomic E-state index is 0.329. The first-order valence-corrected chi connectivity index (χ1v) is 11.1. The summed E-state index contributed by atoms with van der Waals surface area (Å²) in [5.41, 5.74) is 3.39. The molecule has 0 nitrogen and oxygen atoms in total. The van der Waals surface area contributed by atoms with Crippen LogP contribution in [-0.2, 0) is 0 Å². The molecule has 2 aliphatic carbocycles. The zero-order chi connectivity index (χ0) is 14.5. The van der Waals surface area contributed by atoms with Crippen molar-refractivity contribution in [1.29, 1.82) is 0 Å². The van der Waals surface area contributed by atoms with Crippen LogP contribution in [0.5, 0.6) is 0 Å². The molecule has 0 saturated heterocycles. The van der Waals surface area contributed by atoms with Crippen LogP contribution in [0.4, 0.5) is 0 Å². The molecule has 20 heavy (non-hydrogen) atoms. The van der Waals surface area contributed by atoms with Crippen molar-refractivity contribution < 1.29 is 0 Å². The topological polar surface area (TPSA) is 0 Å². The van der Waals surface area contributed by atoms with Crippen molar-refractivity contribution in [2.24, 2.45) is 17.3 Å². The number of fused-ring (bicyclic) bond motifs is 2. The quantitative estimate of drug-likeness (QED) is 0.505. The second-order valence-corrected chi connectivity index (χ2v) is 12.8. The maximum Gasteiger partial charge on any atom is 0.0716 e. The van der Waals surface area contributed by atoms with E-state index in [4.69, 9.17) is 0 Å². The Morgan fingerprint density at radius 1 is 1.05 bits per heavy atom. The molecule has 0 aliphatic heterocycles. The van der Waals surface area contributed by atoms with Crippen LogP contribution in [0.25, 0.3) is 5.57 Å². The molecule has 2 atom stereocenters. The summed E-state index contributed by atoms with van der Waals surface area (Å²) in [7, 11) is -1.34. The van der Waals surface area contributed by atoms with E-state index < -0.39 is 8.07 Å². The zero-order valence-corrected chi connectivity index (χ0v) is 14.3. The molecule has 0 amide bonds. The Bertz CT molecular complexity index is 570. The maximum atomic E-state index is 2.50. The average Bonchev–Trinajstić information content (AvgIpc) is 2.54. The highest BCUT2D eigenvalue weighted by Gasteiger charge is 2.47. The van der Waals surface area contributed by atoms with Gasteiger partial charge >= 0.3 is 0 Å². The normalized spacial score (nSPS) is 27.6. The Balaban J connectivity index is 2.24. The highest BCUT2D eigenvalue weighted by atomic mass is 28.3. The molecule has 3 rings (SSSR count). The van der Waals surface area contributed by atoms with Crippen molar-refractivity contribution in [1.82, 2.24) is 0 Å². The van der Waals surface area contributed by atoms with E-state index in [9.17, 15) is 0 Å². The number of benzene rings is 1. The summed E-state index contributed by atoms with van der Waals surface area (Å²) in [5.74, 6) is 1.20. The van der Waals surface area contributed by atoms with E-state index in [0.29, 0.717) is 17.3 Å². The van der Waals surface area contributed by atoms with Crippen molar-refractivity contribution in [3.8, 4) is 0 Å². The van der Waals surface area contributed by atoms with E-state index >= 15 is 0 Å². The summed E-state index contributed by atoms with van der Waals surface area (Å²) in [4.78, 5) is 0. The molecule has 2 aliphatic rings. The van der Waals surface area contributed by atoms with Crippen LogP contribution in [0.1, 0.15) is 19.4 Å². The highest BCUT2D eigenvalue weighted by Crippen LogP contribution is 2.59. The van der Waals surface area contributed by atoms with Crippen molar-refractivity contribution in [2.75, 3.05) is 0 Å². The lowest BCUT2D eigenvalue weighted by atomic mass is 9.68. The molecule has 0 N–H and O–H groups in total. The van der Waals surface area contributed by atoms with E-state index in [1.165, 1.54) is 5.56 Å². The van der Waals surface area contributed by atoms with E-state index in [2.05, 4.69) is 82.4 Å². The molecule has 1 aromatic carbocycles. The molecule has 0 fully saturated rings. The van der Waals surface area contributed by atoms with Gasteiger partial charge in [-0.05, 0) is 11.0 Å². The smallest absolute Gasteiger partial charge is 0.0716 e. The monoisotopic (exact) mass is 281 g/mol. The fraction of sp³-hybridized carbons (Fsp3) is 0.421. The molecule has 0 aromatic heterocycles. The Hall–Kier alpha value is -1.21. The largest absolute Gasteiger partial charge is 0.231 e. The molecule has 0 saturated carbocycles. The van der Waals surface area contributed by atoms with Crippen LogP contribution in [0.15, 0.2) is 47.7 Å². The van der Waals surface area contributed by atoms with Gasteiger partial charge in [0.1, 0.15) is 0 Å². The van der Waals surface area contributed by atoms with Gasteiger partial charge in [-0.25, -0.2) is 18.6 Å². The fourth-order valence-corrected chi connectivity index (χ4v) is 6.58. The van der Waals surface area contributed by atoms with Gasteiger partial charge in [0.2, 0.25) is 0 Å². The van der Waals surface area contributed by atoms with E-state index in [1.54, 1.807) is 10.8 Å². The summed E-state index contributed by atoms with van der Waals surface area (Å²) in [5, 5.41) is 1.77. The first-order chi connectivity index (χ1) is 9.33. The van der Waals surface area contributed by atoms with Gasteiger partial charge in [-0.1, -0.05) is 86.4 Å². The molecule has 0 spiro atoms. The van der Waals surface area contributed by atoms with E-state index in [0.717, 1.165) is 0 Å². The number of hydrogen-bond acceptors (Lipinski definition) is 0. The third kappa shape index (κ3) is 1.91. The van der Waals surface area contributed by atoms with Gasteiger partial charge in [-0.2, -0.15) is 0 Å². The number of rotatable bonds is 2. The van der Waals surface area contributed by atoms with Gasteiger partial charge in [0.25, 0.3) is 0 Å². The second-order valence-electron chi connectivity index (χ2n) is 7.80. The van der Waals surface area contributed by atoms with Gasteiger partial charge in [0.05, 0.1) is 8.07 Å². The van der Waals surface area contributed by atoms with Gasteiger partial charge in [0.15, 0.2) is 0 Å². The molecule has 1 aromatic rings. The highest BCUT2D eigenvalue weighted by molar-refractivity contribution is 6.84. The Labute approximate surface area is 124 Å². The molecule has 2 bridgehead atoms. The molecule has 106 valence electrons. The molecule has 0 unspecified atom stereocenters. The number of allylic oxidation sites excluding steroid dienone is 4. The first kappa shape index (κ1) is 13.8. The van der Waals surface area contributed by atoms with Gasteiger partial charge in [-0.3, -0.25) is 0 Å². The minimum atomic E-state index is -1.34. The van der Waals surface area contributed by atoms with Gasteiger partial charge in [-0.15, -0.1) is 0 Å². The summed E-state index contributed by atoms with van der Waals surface area (Å²) < 4.78 is 0. The molecule has 0 heterocycles. The van der Waals surface area contributed by atoms with Crippen molar-refractivity contribution in [3.05, 3.63) is 59.7 Å². The second kappa shape index (κ2) is 4.39. The van der Waals surface area contributed by atoms with Crippen LogP contribution in [0.2, 0.25) is 19.6 Å². The Morgan fingerprint density at radius 3 is 2.30 bits per heavy atom. The standard InChI is InChI=1S/C19H25Si/c1-19(2)15-12-9-13-16(19)18(20(3,4)5)17(15)14-10-7-6-8-11-14/h6-13,15-16H,1-5H3/q-1/t15-,16+/m1/s1. The Kier molecular flexibility index (Phi) is 3.02. The predicted octanol–water partition coefficient (Wildman–Crippen LogP) is 5.36. The molecular formula is C19H25Si-. The van der Waals surface area contributed by atoms with Crippen LogP contribution in [-0.4, -0.2) is 8.07 Å². The molecular weight excluding hydrogens is 256 g/mol. The van der Waals surface area contributed by atoms with Crippen LogP contribution in [0.3, 0.4) is 0 Å². The lowest BCUT2D eigenvalue weighted by molar-refractivity contribution is 0.257. The summed E-state index contributed by atoms with van der Waals surface area (Å²) in [6, 6.07) is 11.0. The summed E-state index contributed by atoms with van der Waals surface area (Å²) in [6.45, 7) is 12.4. The lowest BCUT2D eigenvalue weighted by Gasteiger charge is -2.43. The predicted molar refractivity (Wildman–Crippen MR) is 90.9 cm³/mol. The zero-order valence-electron chi connectivity index (χ0n) is 13.3.